The van der Waals surface area contributed by atoms with Crippen molar-refractivity contribution in [2.45, 2.75) is 46.7 Å². The predicted molar refractivity (Wildman–Crippen MR) is 104 cm³/mol. The molecule has 2 N–H and O–H groups in total. The minimum Gasteiger partial charge on any atom is -0.357 e. The Morgan fingerprint density at radius 3 is 2.74 bits per heavy atom. The first-order valence-electron chi connectivity index (χ1n) is 9.02. The fraction of sp³-hybridized carbons (Fsp3) is 0.588. The number of hydrogen-bond acceptors (Lipinski definition) is 5. The van der Waals surface area contributed by atoms with Crippen LogP contribution in [0.2, 0.25) is 0 Å². The summed E-state index contributed by atoms with van der Waals surface area (Å²) >= 11 is 0. The minimum atomic E-state index is -0.456. The van der Waals surface area contributed by atoms with Crippen LogP contribution >= 0.6 is 0 Å². The van der Waals surface area contributed by atoms with Gasteiger partial charge in [0.1, 0.15) is 12.4 Å². The third-order valence-electron chi connectivity index (χ3n) is 4.33. The van der Waals surface area contributed by atoms with E-state index in [-0.39, 0.29) is 11.7 Å². The number of rotatable bonds is 8. The van der Waals surface area contributed by atoms with Gasteiger partial charge in [0.05, 0.1) is 23.7 Å². The maximum Gasteiger partial charge on any atom is 0.306 e. The maximum absolute atomic E-state index is 10.7. The van der Waals surface area contributed by atoms with E-state index in [0.29, 0.717) is 19.0 Å². The fourth-order valence-corrected chi connectivity index (χ4v) is 2.86. The van der Waals surface area contributed by atoms with Gasteiger partial charge in [0, 0.05) is 25.3 Å². The van der Waals surface area contributed by atoms with Gasteiger partial charge < -0.3 is 10.6 Å². The molecule has 0 amide bonds. The lowest BCUT2D eigenvalue weighted by atomic mass is 10.1. The quantitative estimate of drug-likeness (QED) is 0.311. The zero-order valence-corrected chi connectivity index (χ0v) is 16.6. The molecule has 10 nitrogen and oxygen atoms in total. The summed E-state index contributed by atoms with van der Waals surface area (Å²) in [6.07, 6.45) is 3.50. The molecule has 148 valence electrons. The van der Waals surface area contributed by atoms with Crippen LogP contribution in [0.5, 0.6) is 0 Å². The van der Waals surface area contributed by atoms with E-state index in [1.54, 1.807) is 0 Å². The highest BCUT2D eigenvalue weighted by Gasteiger charge is 2.14. The van der Waals surface area contributed by atoms with Gasteiger partial charge in [-0.05, 0) is 39.7 Å². The van der Waals surface area contributed by atoms with Gasteiger partial charge in [-0.25, -0.2) is 0 Å². The molecule has 2 aromatic rings. The van der Waals surface area contributed by atoms with Gasteiger partial charge in [-0.15, -0.1) is 0 Å². The Balaban J connectivity index is 1.94. The highest BCUT2D eigenvalue weighted by molar-refractivity contribution is 5.80. The minimum absolute atomic E-state index is 0.0140. The van der Waals surface area contributed by atoms with Crippen LogP contribution in [0.1, 0.15) is 30.8 Å². The van der Waals surface area contributed by atoms with Crippen LogP contribution in [0.15, 0.2) is 17.4 Å². The van der Waals surface area contributed by atoms with Crippen molar-refractivity contribution in [3.05, 3.63) is 39.5 Å². The van der Waals surface area contributed by atoms with Crippen molar-refractivity contribution in [3.8, 4) is 0 Å². The molecule has 0 bridgehead atoms. The number of aromatic nitrogens is 4. The molecule has 0 radical (unpaired) electrons. The fourth-order valence-electron chi connectivity index (χ4n) is 2.86. The molecule has 0 aliphatic rings. The SMILES string of the molecule is CCNC(=NCCn1cc([N+](=O)[O-])cn1)NC(C)Cc1c(C)nn(C)c1C. The number of nitrogens with zero attached hydrogens (tertiary/aromatic N) is 6. The molecule has 2 aromatic heterocycles. The van der Waals surface area contributed by atoms with Gasteiger partial charge in [-0.3, -0.25) is 24.5 Å². The molecular formula is C17H28N8O2. The van der Waals surface area contributed by atoms with E-state index in [2.05, 4.69) is 39.7 Å². The van der Waals surface area contributed by atoms with E-state index in [1.807, 2.05) is 25.6 Å². The van der Waals surface area contributed by atoms with E-state index in [9.17, 15) is 10.1 Å². The van der Waals surface area contributed by atoms with Crippen molar-refractivity contribution < 1.29 is 4.92 Å². The van der Waals surface area contributed by atoms with Crippen molar-refractivity contribution in [3.63, 3.8) is 0 Å². The molecular weight excluding hydrogens is 348 g/mol. The average molecular weight is 376 g/mol. The summed E-state index contributed by atoms with van der Waals surface area (Å²) < 4.78 is 3.43. The second-order valence-electron chi connectivity index (χ2n) is 6.50. The number of aliphatic imine (C=N–C) groups is 1. The van der Waals surface area contributed by atoms with Crippen molar-refractivity contribution in [1.29, 1.82) is 0 Å². The van der Waals surface area contributed by atoms with E-state index >= 15 is 0 Å². The molecule has 0 aliphatic carbocycles. The van der Waals surface area contributed by atoms with E-state index in [0.717, 1.165) is 18.7 Å². The summed E-state index contributed by atoms with van der Waals surface area (Å²) in [5.74, 6) is 0.714. The first-order valence-corrected chi connectivity index (χ1v) is 9.02. The highest BCUT2D eigenvalue weighted by atomic mass is 16.6. The maximum atomic E-state index is 10.7. The molecule has 10 heteroatoms. The van der Waals surface area contributed by atoms with Crippen molar-refractivity contribution in [2.24, 2.45) is 12.0 Å². The predicted octanol–water partition coefficient (Wildman–Crippen LogP) is 1.33. The monoisotopic (exact) mass is 376 g/mol. The molecule has 0 spiro atoms. The highest BCUT2D eigenvalue weighted by Crippen LogP contribution is 2.14. The molecule has 0 saturated carbocycles. The van der Waals surface area contributed by atoms with Crippen LogP contribution in [0.4, 0.5) is 5.69 Å². The molecule has 0 fully saturated rings. The molecule has 0 saturated heterocycles. The van der Waals surface area contributed by atoms with Crippen LogP contribution in [0, 0.1) is 24.0 Å². The third kappa shape index (κ3) is 5.53. The van der Waals surface area contributed by atoms with Crippen molar-refractivity contribution in [1.82, 2.24) is 30.2 Å². The zero-order valence-electron chi connectivity index (χ0n) is 16.6. The second-order valence-corrected chi connectivity index (χ2v) is 6.50. The smallest absolute Gasteiger partial charge is 0.306 e. The van der Waals surface area contributed by atoms with Gasteiger partial charge in [0.25, 0.3) is 0 Å². The Morgan fingerprint density at radius 1 is 1.44 bits per heavy atom. The topological polar surface area (TPSA) is 115 Å². The Kier molecular flexibility index (Phi) is 6.91. The van der Waals surface area contributed by atoms with Crippen molar-refractivity contribution >= 4 is 11.6 Å². The molecule has 27 heavy (non-hydrogen) atoms. The zero-order chi connectivity index (χ0) is 20.0. The Morgan fingerprint density at radius 2 is 2.19 bits per heavy atom. The first-order chi connectivity index (χ1) is 12.8. The van der Waals surface area contributed by atoms with Crippen LogP contribution in [-0.2, 0) is 20.0 Å². The summed E-state index contributed by atoms with van der Waals surface area (Å²) in [7, 11) is 1.95. The number of hydrogen-bond donors (Lipinski definition) is 2. The van der Waals surface area contributed by atoms with Crippen molar-refractivity contribution in [2.75, 3.05) is 13.1 Å². The molecule has 1 atom stereocenters. The summed E-state index contributed by atoms with van der Waals surface area (Å²) in [4.78, 5) is 14.8. The van der Waals surface area contributed by atoms with Gasteiger partial charge in [-0.2, -0.15) is 10.2 Å². The largest absolute Gasteiger partial charge is 0.357 e. The lowest BCUT2D eigenvalue weighted by Crippen LogP contribution is -2.43. The molecule has 2 rings (SSSR count). The lowest BCUT2D eigenvalue weighted by molar-refractivity contribution is -0.385. The standard InChI is InChI=1S/C17H28N8O2/c1-6-18-17(19-7-8-24-11-15(10-20-24)25(26)27)21-12(2)9-16-13(3)22-23(5)14(16)4/h10-12H,6-9H2,1-5H3,(H2,18,19,21). The molecule has 1 unspecified atom stereocenters. The van der Waals surface area contributed by atoms with E-state index in [4.69, 9.17) is 0 Å². The van der Waals surface area contributed by atoms with Crippen LogP contribution < -0.4 is 10.6 Å². The summed E-state index contributed by atoms with van der Waals surface area (Å²) in [5.41, 5.74) is 3.45. The molecule has 0 aliphatic heterocycles. The number of nitrogens with one attached hydrogen (secondary N) is 2. The van der Waals surface area contributed by atoms with E-state index in [1.165, 1.54) is 28.3 Å². The number of guanidine groups is 1. The Bertz CT molecular complexity index is 808. The summed E-state index contributed by atoms with van der Waals surface area (Å²) in [6, 6.07) is 0.176. The van der Waals surface area contributed by atoms with Gasteiger partial charge in [0.15, 0.2) is 5.96 Å². The Labute approximate surface area is 158 Å². The normalized spacial score (nSPS) is 12.9. The average Bonchev–Trinajstić information content (AvgIpc) is 3.16. The summed E-state index contributed by atoms with van der Waals surface area (Å²) in [6.45, 7) is 9.90. The van der Waals surface area contributed by atoms with E-state index < -0.39 is 4.92 Å². The number of aryl methyl sites for hydroxylation is 2. The van der Waals surface area contributed by atoms with Crippen LogP contribution in [0.25, 0.3) is 0 Å². The Hall–Kier alpha value is -2.91. The molecule has 2 heterocycles. The number of nitro groups is 1. The van der Waals surface area contributed by atoms with Crippen LogP contribution in [-0.4, -0.2) is 49.6 Å². The lowest BCUT2D eigenvalue weighted by Gasteiger charge is -2.18. The van der Waals surface area contributed by atoms with Crippen LogP contribution in [0.3, 0.4) is 0 Å². The van der Waals surface area contributed by atoms with Gasteiger partial charge >= 0.3 is 5.69 Å². The third-order valence-corrected chi connectivity index (χ3v) is 4.33. The molecule has 0 aromatic carbocycles. The van der Waals surface area contributed by atoms with Gasteiger partial charge in [-0.1, -0.05) is 0 Å². The first kappa shape index (κ1) is 20.4. The van der Waals surface area contributed by atoms with Gasteiger partial charge in [0.2, 0.25) is 0 Å². The second kappa shape index (κ2) is 9.15. The summed E-state index contributed by atoms with van der Waals surface area (Å²) in [5, 5.41) is 25.8.